The second kappa shape index (κ2) is 8.78. The van der Waals surface area contributed by atoms with Crippen LogP contribution in [0.15, 0.2) is 60.8 Å². The van der Waals surface area contributed by atoms with Gasteiger partial charge in [0.15, 0.2) is 0 Å². The van der Waals surface area contributed by atoms with Gasteiger partial charge < -0.3 is 9.80 Å². The number of benzene rings is 1. The van der Waals surface area contributed by atoms with Crippen molar-refractivity contribution in [1.29, 1.82) is 0 Å². The standard InChI is InChI=1S/C24H23N5O2S/c1-27(2)19(15-30)14-29-13-18(10-26-29)16-5-7-17(8-6-16)21-11-25-12-23-20(21)9-22(32-23)24(31)28(3)4/h5-13H,14H2,1-4H3. The van der Waals surface area contributed by atoms with Gasteiger partial charge >= 0.3 is 0 Å². The van der Waals surface area contributed by atoms with Crippen molar-refractivity contribution in [1.82, 2.24) is 24.6 Å². The van der Waals surface area contributed by atoms with E-state index in [0.29, 0.717) is 17.1 Å². The molecule has 4 rings (SSSR count). The molecular weight excluding hydrogens is 422 g/mol. The molecule has 0 saturated heterocycles. The molecule has 0 aliphatic rings. The van der Waals surface area contributed by atoms with Crippen molar-refractivity contribution >= 4 is 33.3 Å². The largest absolute Gasteiger partial charge is 0.371 e. The second-order valence-electron chi connectivity index (χ2n) is 7.86. The van der Waals surface area contributed by atoms with Crippen molar-refractivity contribution in [3.8, 4) is 22.3 Å². The first-order valence-electron chi connectivity index (χ1n) is 10.0. The van der Waals surface area contributed by atoms with Crippen molar-refractivity contribution in [3.05, 3.63) is 65.7 Å². The fourth-order valence-electron chi connectivity index (χ4n) is 3.38. The lowest BCUT2D eigenvalue weighted by molar-refractivity contribution is 0.0832. The topological polar surface area (TPSA) is 71.3 Å². The molecule has 8 heteroatoms. The van der Waals surface area contributed by atoms with E-state index in [-0.39, 0.29) is 5.91 Å². The zero-order valence-electron chi connectivity index (χ0n) is 18.4. The number of nitrogens with zero attached hydrogens (tertiary/aromatic N) is 5. The summed E-state index contributed by atoms with van der Waals surface area (Å²) in [4.78, 5) is 31.9. The van der Waals surface area contributed by atoms with E-state index < -0.39 is 0 Å². The van der Waals surface area contributed by atoms with E-state index in [1.165, 1.54) is 11.3 Å². The Morgan fingerprint density at radius 3 is 2.38 bits per heavy atom. The minimum atomic E-state index is -0.00800. The van der Waals surface area contributed by atoms with E-state index in [1.54, 1.807) is 41.0 Å². The van der Waals surface area contributed by atoms with Crippen molar-refractivity contribution in [2.24, 2.45) is 0 Å². The number of rotatable bonds is 6. The molecule has 4 aromatic rings. The third-order valence-electron chi connectivity index (χ3n) is 5.20. The van der Waals surface area contributed by atoms with Crippen LogP contribution in [0.25, 0.3) is 32.3 Å². The summed E-state index contributed by atoms with van der Waals surface area (Å²) in [5.74, 6) is 1.95. The molecule has 3 aromatic heterocycles. The minimum Gasteiger partial charge on any atom is -0.371 e. The van der Waals surface area contributed by atoms with Gasteiger partial charge in [0, 0.05) is 63.3 Å². The van der Waals surface area contributed by atoms with Gasteiger partial charge in [0.1, 0.15) is 11.6 Å². The monoisotopic (exact) mass is 445 g/mol. The highest BCUT2D eigenvalue weighted by Crippen LogP contribution is 2.34. The molecule has 0 radical (unpaired) electrons. The average Bonchev–Trinajstić information content (AvgIpc) is 3.43. The summed E-state index contributed by atoms with van der Waals surface area (Å²) in [7, 11) is 7.13. The highest BCUT2D eigenvalue weighted by Gasteiger charge is 2.15. The number of hydrogen-bond acceptors (Lipinski definition) is 6. The lowest BCUT2D eigenvalue weighted by Gasteiger charge is -2.12. The van der Waals surface area contributed by atoms with Crippen molar-refractivity contribution in [3.63, 3.8) is 0 Å². The first-order chi connectivity index (χ1) is 15.4. The van der Waals surface area contributed by atoms with Crippen LogP contribution in [-0.2, 0) is 11.3 Å². The summed E-state index contributed by atoms with van der Waals surface area (Å²) >= 11 is 1.46. The quantitative estimate of drug-likeness (QED) is 0.422. The Hall–Kier alpha value is -3.74. The number of amides is 1. The molecule has 0 unspecified atom stereocenters. The predicted octanol–water partition coefficient (Wildman–Crippen LogP) is 3.81. The van der Waals surface area contributed by atoms with Crippen LogP contribution in [0.3, 0.4) is 0 Å². The predicted molar refractivity (Wildman–Crippen MR) is 127 cm³/mol. The van der Waals surface area contributed by atoms with Crippen molar-refractivity contribution in [2.45, 2.75) is 6.54 Å². The second-order valence-corrected chi connectivity index (χ2v) is 8.94. The first-order valence-corrected chi connectivity index (χ1v) is 10.8. The number of carbonyl (C=O) groups excluding carboxylic acids is 2. The van der Waals surface area contributed by atoms with Gasteiger partial charge in [-0.25, -0.2) is 4.79 Å². The number of thiophene rings is 1. The van der Waals surface area contributed by atoms with Crippen LogP contribution in [0.5, 0.6) is 0 Å². The molecule has 0 atom stereocenters. The summed E-state index contributed by atoms with van der Waals surface area (Å²) < 4.78 is 2.71. The highest BCUT2D eigenvalue weighted by atomic mass is 32.1. The van der Waals surface area contributed by atoms with Crippen LogP contribution in [0, 0.1) is 0 Å². The number of allylic oxidation sites excluding steroid dienone is 1. The van der Waals surface area contributed by atoms with Crippen LogP contribution in [-0.4, -0.2) is 64.6 Å². The SMILES string of the molecule is CN(C)C(=O)c1cc2c(-c3ccc(-c4cnn(CC(=C=O)N(C)C)c4)cc3)cncc2s1. The van der Waals surface area contributed by atoms with Crippen LogP contribution >= 0.6 is 11.3 Å². The average molecular weight is 446 g/mol. The van der Waals surface area contributed by atoms with E-state index in [4.69, 9.17) is 0 Å². The summed E-state index contributed by atoms with van der Waals surface area (Å²) in [5.41, 5.74) is 4.53. The van der Waals surface area contributed by atoms with Crippen molar-refractivity contribution < 1.29 is 9.59 Å². The molecule has 7 nitrogen and oxygen atoms in total. The Bertz CT molecular complexity index is 1330. The van der Waals surface area contributed by atoms with Gasteiger partial charge in [-0.1, -0.05) is 24.3 Å². The summed E-state index contributed by atoms with van der Waals surface area (Å²) in [6.07, 6.45) is 7.33. The number of aromatic nitrogens is 3. The van der Waals surface area contributed by atoms with Crippen molar-refractivity contribution in [2.75, 3.05) is 28.2 Å². The van der Waals surface area contributed by atoms with Crippen LogP contribution in [0.1, 0.15) is 9.67 Å². The minimum absolute atomic E-state index is 0.00800. The fourth-order valence-corrected chi connectivity index (χ4v) is 4.45. The Balaban J connectivity index is 1.62. The zero-order chi connectivity index (χ0) is 22.8. The van der Waals surface area contributed by atoms with E-state index >= 15 is 0 Å². The van der Waals surface area contributed by atoms with E-state index in [2.05, 4.69) is 10.1 Å². The summed E-state index contributed by atoms with van der Waals surface area (Å²) in [6, 6.07) is 10.1. The summed E-state index contributed by atoms with van der Waals surface area (Å²) in [6.45, 7) is 0.369. The number of hydrogen-bond donors (Lipinski definition) is 0. The lowest BCUT2D eigenvalue weighted by Crippen LogP contribution is -2.20. The molecule has 1 aromatic carbocycles. The van der Waals surface area contributed by atoms with Crippen LogP contribution < -0.4 is 0 Å². The van der Waals surface area contributed by atoms with E-state index in [1.807, 2.05) is 62.8 Å². The first kappa shape index (κ1) is 21.5. The number of carbonyl (C=O) groups is 1. The van der Waals surface area contributed by atoms with Gasteiger partial charge in [-0.2, -0.15) is 5.10 Å². The number of likely N-dealkylation sites (N-methyl/N-ethyl adjacent to an activating group) is 1. The fraction of sp³-hybridized carbons (Fsp3) is 0.208. The van der Waals surface area contributed by atoms with Crippen LogP contribution in [0.4, 0.5) is 0 Å². The maximum atomic E-state index is 12.4. The van der Waals surface area contributed by atoms with Gasteiger partial charge in [-0.05, 0) is 17.2 Å². The molecule has 162 valence electrons. The molecule has 1 amide bonds. The molecule has 3 heterocycles. The molecule has 0 aliphatic heterocycles. The molecule has 32 heavy (non-hydrogen) atoms. The third-order valence-corrected chi connectivity index (χ3v) is 6.25. The van der Waals surface area contributed by atoms with Crippen LogP contribution in [0.2, 0.25) is 0 Å². The number of pyridine rings is 1. The normalized spacial score (nSPS) is 10.8. The zero-order valence-corrected chi connectivity index (χ0v) is 19.2. The molecule has 0 fully saturated rings. The van der Waals surface area contributed by atoms with Gasteiger partial charge in [-0.15, -0.1) is 11.3 Å². The Labute approximate surface area is 190 Å². The smallest absolute Gasteiger partial charge is 0.263 e. The number of fused-ring (bicyclic) bond motifs is 1. The van der Waals surface area contributed by atoms with E-state index in [9.17, 15) is 9.59 Å². The Kier molecular flexibility index (Phi) is 5.90. The van der Waals surface area contributed by atoms with Gasteiger partial charge in [-0.3, -0.25) is 14.5 Å². The molecule has 0 aliphatic carbocycles. The molecule has 0 N–H and O–H groups in total. The maximum Gasteiger partial charge on any atom is 0.263 e. The highest BCUT2D eigenvalue weighted by molar-refractivity contribution is 7.20. The van der Waals surface area contributed by atoms with Gasteiger partial charge in [0.25, 0.3) is 5.91 Å². The van der Waals surface area contributed by atoms with Gasteiger partial charge in [0.05, 0.1) is 22.3 Å². The Morgan fingerprint density at radius 1 is 1.00 bits per heavy atom. The molecular formula is C24H23N5O2S. The van der Waals surface area contributed by atoms with Gasteiger partial charge in [0.2, 0.25) is 0 Å². The third kappa shape index (κ3) is 4.19. The lowest BCUT2D eigenvalue weighted by atomic mass is 10.0. The molecule has 0 bridgehead atoms. The van der Waals surface area contributed by atoms with E-state index in [0.717, 1.165) is 32.3 Å². The summed E-state index contributed by atoms with van der Waals surface area (Å²) in [5, 5.41) is 5.38. The molecule has 0 spiro atoms. The molecule has 0 saturated carbocycles. The maximum absolute atomic E-state index is 12.4. The Morgan fingerprint density at radius 2 is 1.72 bits per heavy atom.